The molecule has 1 aliphatic carbocycles. The van der Waals surface area contributed by atoms with E-state index in [0.717, 1.165) is 64.7 Å². The van der Waals surface area contributed by atoms with E-state index < -0.39 is 5.82 Å². The molecule has 1 amide bonds. The summed E-state index contributed by atoms with van der Waals surface area (Å²) in [5.74, 6) is 1.50. The van der Waals surface area contributed by atoms with E-state index in [1.54, 1.807) is 7.11 Å². The summed E-state index contributed by atoms with van der Waals surface area (Å²) in [5.41, 5.74) is 6.32. The zero-order valence-corrected chi connectivity index (χ0v) is 33.2. The van der Waals surface area contributed by atoms with Crippen LogP contribution in [0.15, 0.2) is 79.5 Å². The number of halogens is 3. The molecule has 1 saturated carbocycles. The lowest BCUT2D eigenvalue weighted by atomic mass is 9.85. The number of amides is 1. The highest BCUT2D eigenvalue weighted by atomic mass is 35.5. The summed E-state index contributed by atoms with van der Waals surface area (Å²) in [7, 11) is 5.42. The van der Waals surface area contributed by atoms with Gasteiger partial charge in [0.1, 0.15) is 17.3 Å². The van der Waals surface area contributed by atoms with Crippen molar-refractivity contribution in [3.63, 3.8) is 0 Å². The first kappa shape index (κ1) is 38.8. The average Bonchev–Trinajstić information content (AvgIpc) is 3.81. The number of benzene rings is 4. The maximum Gasteiger partial charge on any atom is 0.220 e. The van der Waals surface area contributed by atoms with Crippen molar-refractivity contribution in [1.82, 2.24) is 25.3 Å². The van der Waals surface area contributed by atoms with E-state index in [4.69, 9.17) is 37.8 Å². The summed E-state index contributed by atoms with van der Waals surface area (Å²) in [6, 6.07) is 19.8. The Morgan fingerprint density at radius 3 is 2.45 bits per heavy atom. The van der Waals surface area contributed by atoms with Gasteiger partial charge in [0.15, 0.2) is 0 Å². The summed E-state index contributed by atoms with van der Waals surface area (Å²) >= 11 is 14.1. The van der Waals surface area contributed by atoms with Gasteiger partial charge >= 0.3 is 0 Å². The fourth-order valence-electron chi connectivity index (χ4n) is 8.16. The fourth-order valence-corrected chi connectivity index (χ4v) is 8.74. The van der Waals surface area contributed by atoms with Gasteiger partial charge in [-0.25, -0.2) is 4.39 Å². The van der Waals surface area contributed by atoms with Crippen molar-refractivity contribution in [2.24, 2.45) is 5.92 Å². The van der Waals surface area contributed by atoms with Crippen LogP contribution in [-0.4, -0.2) is 60.5 Å². The van der Waals surface area contributed by atoms with Crippen LogP contribution in [0.5, 0.6) is 11.5 Å². The highest BCUT2D eigenvalue weighted by Crippen LogP contribution is 2.41. The molecule has 2 aliphatic rings. The minimum absolute atomic E-state index is 0.0433. The highest BCUT2D eigenvalue weighted by Gasteiger charge is 2.25. The summed E-state index contributed by atoms with van der Waals surface area (Å²) in [6.45, 7) is 6.01. The Bertz CT molecular complexity index is 2200. The first-order chi connectivity index (χ1) is 26.7. The monoisotopic (exact) mass is 783 g/mol. The Hall–Kier alpha value is -4.41. The van der Waals surface area contributed by atoms with Crippen molar-refractivity contribution in [2.45, 2.75) is 70.2 Å². The predicted octanol–water partition coefficient (Wildman–Crippen LogP) is 9.43. The number of hydrogen-bond acceptors (Lipinski definition) is 6. The van der Waals surface area contributed by atoms with Crippen LogP contribution in [0.25, 0.3) is 33.2 Å². The molecule has 0 unspecified atom stereocenters. The lowest BCUT2D eigenvalue weighted by molar-refractivity contribution is -0.119. The second-order valence-electron chi connectivity index (χ2n) is 14.8. The summed E-state index contributed by atoms with van der Waals surface area (Å²) in [4.78, 5) is 14.0. The third-order valence-corrected chi connectivity index (χ3v) is 12.1. The number of fused-ring (bicyclic) bond motifs is 1. The van der Waals surface area contributed by atoms with Crippen molar-refractivity contribution in [3.8, 4) is 33.8 Å². The molecule has 1 saturated heterocycles. The van der Waals surface area contributed by atoms with Crippen LogP contribution in [0.4, 0.5) is 4.39 Å². The number of nitrogens with one attached hydrogen (secondary N) is 2. The van der Waals surface area contributed by atoms with E-state index in [1.807, 2.05) is 65.5 Å². The molecule has 2 fully saturated rings. The van der Waals surface area contributed by atoms with Crippen molar-refractivity contribution in [1.29, 1.82) is 0 Å². The normalized spacial score (nSPS) is 18.5. The van der Waals surface area contributed by atoms with Gasteiger partial charge in [-0.05, 0) is 92.1 Å². The SMILES string of the molecule is C=C[C@H]1CC[C@H](N(C)Cc2cc(Cl)c(Cn3ncc4c(-c5cccc(-c6cc(F)c(CNC[C@@H]7CCC(=O)N7)c(OC)c6)c5Cl)cccc43)cc2OC)CC1. The van der Waals surface area contributed by atoms with E-state index in [2.05, 4.69) is 35.2 Å². The number of carbonyl (C=O) groups excluding carboxylic acids is 1. The van der Waals surface area contributed by atoms with E-state index in [9.17, 15) is 4.79 Å². The molecule has 0 bridgehead atoms. The molecule has 2 N–H and O–H groups in total. The minimum atomic E-state index is -0.399. The molecule has 0 spiro atoms. The first-order valence-corrected chi connectivity index (χ1v) is 19.7. The van der Waals surface area contributed by atoms with Gasteiger partial charge in [0, 0.05) is 70.8 Å². The van der Waals surface area contributed by atoms with Crippen molar-refractivity contribution in [2.75, 3.05) is 27.8 Å². The number of ether oxygens (including phenoxy) is 2. The molecule has 1 aromatic heterocycles. The van der Waals surface area contributed by atoms with Crippen LogP contribution >= 0.6 is 23.2 Å². The Balaban J connectivity index is 1.11. The van der Waals surface area contributed by atoms with Crippen LogP contribution < -0.4 is 20.1 Å². The second kappa shape index (κ2) is 17.2. The standard InChI is InChI=1S/C44H48Cl2FN5O3/c1-5-27-12-15-32(16-13-27)51(2)25-30-18-38(45)29(21-41(30)54-3)26-52-40-11-7-9-34(36(40)24-49-52)35-10-6-8-33(44(35)46)28-19-39(47)37(42(20-28)55-4)23-48-22-31-14-17-43(53)50-31/h5-11,18-21,24,27,31-32,48H,1,12-17,22-23,25-26H2,2-4H3,(H,50,53)/t27-,31-,32-/m0/s1. The van der Waals surface area contributed by atoms with Crippen LogP contribution in [0.3, 0.4) is 0 Å². The third kappa shape index (κ3) is 8.41. The van der Waals surface area contributed by atoms with Crippen LogP contribution in [0, 0.1) is 11.7 Å². The molecule has 1 aliphatic heterocycles. The fraction of sp³-hybridized carbons (Fsp3) is 0.364. The third-order valence-electron chi connectivity index (χ3n) is 11.3. The van der Waals surface area contributed by atoms with E-state index in [0.29, 0.717) is 64.0 Å². The quantitative estimate of drug-likeness (QED) is 0.109. The van der Waals surface area contributed by atoms with Crippen LogP contribution in [0.1, 0.15) is 55.2 Å². The van der Waals surface area contributed by atoms with Gasteiger partial charge in [-0.2, -0.15) is 5.10 Å². The highest BCUT2D eigenvalue weighted by molar-refractivity contribution is 6.36. The number of carbonyl (C=O) groups is 1. The van der Waals surface area contributed by atoms with Gasteiger partial charge in [0.2, 0.25) is 5.91 Å². The Labute approximate surface area is 332 Å². The number of hydrogen-bond donors (Lipinski definition) is 2. The largest absolute Gasteiger partial charge is 0.496 e. The van der Waals surface area contributed by atoms with Crippen molar-refractivity contribution in [3.05, 3.63) is 112 Å². The number of nitrogens with zero attached hydrogens (tertiary/aromatic N) is 3. The molecule has 1 atom stereocenters. The minimum Gasteiger partial charge on any atom is -0.496 e. The molecule has 5 aromatic rings. The molecule has 11 heteroatoms. The average molecular weight is 785 g/mol. The second-order valence-corrected chi connectivity index (χ2v) is 15.5. The van der Waals surface area contributed by atoms with Gasteiger partial charge in [-0.1, -0.05) is 59.6 Å². The van der Waals surface area contributed by atoms with Crippen molar-refractivity contribution < 1.29 is 18.7 Å². The molecular weight excluding hydrogens is 736 g/mol. The Kier molecular flexibility index (Phi) is 12.1. The molecule has 4 aromatic carbocycles. The first-order valence-electron chi connectivity index (χ1n) is 19.0. The lowest BCUT2D eigenvalue weighted by Gasteiger charge is -2.34. The van der Waals surface area contributed by atoms with E-state index >= 15 is 4.39 Å². The van der Waals surface area contributed by atoms with Gasteiger partial charge in [0.25, 0.3) is 0 Å². The van der Waals surface area contributed by atoms with E-state index in [-0.39, 0.29) is 18.5 Å². The summed E-state index contributed by atoms with van der Waals surface area (Å²) in [5, 5.41) is 13.1. The topological polar surface area (TPSA) is 80.7 Å². The molecule has 288 valence electrons. The number of methoxy groups -OCH3 is 2. The van der Waals surface area contributed by atoms with Gasteiger partial charge in [-0.15, -0.1) is 6.58 Å². The summed E-state index contributed by atoms with van der Waals surface area (Å²) in [6.07, 6.45) is 9.91. The maximum absolute atomic E-state index is 15.7. The lowest BCUT2D eigenvalue weighted by Crippen LogP contribution is -2.35. The number of aromatic nitrogens is 2. The van der Waals surface area contributed by atoms with Gasteiger partial charge in [0.05, 0.1) is 37.5 Å². The van der Waals surface area contributed by atoms with Gasteiger partial charge in [-0.3, -0.25) is 14.4 Å². The zero-order valence-electron chi connectivity index (χ0n) is 31.6. The number of rotatable bonds is 14. The van der Waals surface area contributed by atoms with E-state index in [1.165, 1.54) is 26.0 Å². The molecule has 7 rings (SSSR count). The zero-order chi connectivity index (χ0) is 38.6. The Morgan fingerprint density at radius 2 is 1.73 bits per heavy atom. The summed E-state index contributed by atoms with van der Waals surface area (Å²) < 4.78 is 29.1. The van der Waals surface area contributed by atoms with Crippen LogP contribution in [-0.2, 0) is 24.4 Å². The molecular formula is C44H48Cl2FN5O3. The van der Waals surface area contributed by atoms with Gasteiger partial charge < -0.3 is 20.1 Å². The smallest absolute Gasteiger partial charge is 0.220 e. The predicted molar refractivity (Wildman–Crippen MR) is 220 cm³/mol. The molecule has 8 nitrogen and oxygen atoms in total. The van der Waals surface area contributed by atoms with Crippen molar-refractivity contribution >= 4 is 40.0 Å². The molecule has 2 heterocycles. The molecule has 55 heavy (non-hydrogen) atoms. The van der Waals surface area contributed by atoms with Crippen LogP contribution in [0.2, 0.25) is 10.0 Å². The Morgan fingerprint density at radius 1 is 0.982 bits per heavy atom. The maximum atomic E-state index is 15.7. The molecule has 0 radical (unpaired) electrons. The number of allylic oxidation sites excluding steroid dienone is 1.